The average molecular weight is 242 g/mol. The molecule has 1 amide bonds. The molecule has 0 radical (unpaired) electrons. The molecule has 2 heterocycles. The Hall–Kier alpha value is -2.43. The van der Waals surface area contributed by atoms with Crippen molar-refractivity contribution in [2.75, 3.05) is 17.7 Å². The zero-order valence-electron chi connectivity index (χ0n) is 10.3. The number of carbonyl (C=O) groups excluding carboxylic acids is 1. The van der Waals surface area contributed by atoms with Gasteiger partial charge in [0.05, 0.1) is 0 Å². The van der Waals surface area contributed by atoms with Gasteiger partial charge in [-0.15, -0.1) is 0 Å². The Balaban J connectivity index is 2.21. The highest BCUT2D eigenvalue weighted by Gasteiger charge is 2.08. The van der Waals surface area contributed by atoms with E-state index in [1.165, 1.54) is 0 Å². The smallest absolute Gasteiger partial charge is 0.255 e. The van der Waals surface area contributed by atoms with E-state index in [0.29, 0.717) is 11.4 Å². The van der Waals surface area contributed by atoms with Gasteiger partial charge in [0, 0.05) is 36.4 Å². The monoisotopic (exact) mass is 242 g/mol. The molecule has 0 aliphatic heterocycles. The highest BCUT2D eigenvalue weighted by molar-refractivity contribution is 6.04. The number of anilines is 2. The van der Waals surface area contributed by atoms with Gasteiger partial charge in [0.2, 0.25) is 0 Å². The fourth-order valence-corrected chi connectivity index (χ4v) is 1.57. The van der Waals surface area contributed by atoms with Crippen LogP contribution in [0, 0.1) is 6.92 Å². The highest BCUT2D eigenvalue weighted by Crippen LogP contribution is 2.12. The lowest BCUT2D eigenvalue weighted by atomic mass is 10.2. The van der Waals surface area contributed by atoms with Gasteiger partial charge < -0.3 is 10.6 Å². The summed E-state index contributed by atoms with van der Waals surface area (Å²) in [6.45, 7) is 1.85. The van der Waals surface area contributed by atoms with E-state index in [1.807, 2.05) is 6.92 Å². The maximum atomic E-state index is 12.0. The van der Waals surface area contributed by atoms with Crippen molar-refractivity contribution in [3.63, 3.8) is 0 Å². The van der Waals surface area contributed by atoms with Crippen molar-refractivity contribution < 1.29 is 4.79 Å². The van der Waals surface area contributed by atoms with Crippen LogP contribution >= 0.6 is 0 Å². The van der Waals surface area contributed by atoms with Crippen molar-refractivity contribution in [1.82, 2.24) is 9.97 Å². The zero-order chi connectivity index (χ0) is 13.0. The minimum atomic E-state index is -0.164. The lowest BCUT2D eigenvalue weighted by Crippen LogP contribution is -2.13. The van der Waals surface area contributed by atoms with Gasteiger partial charge in [0.15, 0.2) is 0 Å². The summed E-state index contributed by atoms with van der Waals surface area (Å²) in [6.07, 6.45) is 3.26. The number of rotatable bonds is 3. The first-order valence-electron chi connectivity index (χ1n) is 5.57. The van der Waals surface area contributed by atoms with Gasteiger partial charge in [-0.05, 0) is 31.2 Å². The normalized spacial score (nSPS) is 9.89. The van der Waals surface area contributed by atoms with Crippen LogP contribution in [0.4, 0.5) is 11.5 Å². The molecule has 92 valence electrons. The average Bonchev–Trinajstić information content (AvgIpc) is 2.39. The SMILES string of the molecule is CNc1cc(C(=O)Nc2ccncc2)cc(C)n1. The van der Waals surface area contributed by atoms with Gasteiger partial charge in [-0.2, -0.15) is 0 Å². The maximum absolute atomic E-state index is 12.0. The lowest BCUT2D eigenvalue weighted by Gasteiger charge is -2.07. The van der Waals surface area contributed by atoms with Gasteiger partial charge in [-0.1, -0.05) is 0 Å². The van der Waals surface area contributed by atoms with Crippen LogP contribution in [0.3, 0.4) is 0 Å². The minimum Gasteiger partial charge on any atom is -0.373 e. The molecule has 2 aromatic rings. The van der Waals surface area contributed by atoms with E-state index >= 15 is 0 Å². The van der Waals surface area contributed by atoms with Crippen LogP contribution in [0.2, 0.25) is 0 Å². The summed E-state index contributed by atoms with van der Waals surface area (Å²) < 4.78 is 0. The van der Waals surface area contributed by atoms with Crippen LogP contribution in [-0.2, 0) is 0 Å². The first-order chi connectivity index (χ1) is 8.69. The first kappa shape index (κ1) is 12.0. The molecule has 5 heteroatoms. The van der Waals surface area contributed by atoms with E-state index in [4.69, 9.17) is 0 Å². The summed E-state index contributed by atoms with van der Waals surface area (Å²) in [7, 11) is 1.77. The highest BCUT2D eigenvalue weighted by atomic mass is 16.1. The number of nitrogens with one attached hydrogen (secondary N) is 2. The van der Waals surface area contributed by atoms with Crippen LogP contribution in [0.15, 0.2) is 36.7 Å². The third-order valence-corrected chi connectivity index (χ3v) is 2.41. The fourth-order valence-electron chi connectivity index (χ4n) is 1.57. The molecule has 0 spiro atoms. The molecule has 18 heavy (non-hydrogen) atoms. The van der Waals surface area contributed by atoms with Crippen molar-refractivity contribution in [1.29, 1.82) is 0 Å². The van der Waals surface area contributed by atoms with Gasteiger partial charge in [0.25, 0.3) is 5.91 Å². The zero-order valence-corrected chi connectivity index (χ0v) is 10.3. The third kappa shape index (κ3) is 2.82. The molecule has 0 fully saturated rings. The van der Waals surface area contributed by atoms with E-state index in [2.05, 4.69) is 20.6 Å². The summed E-state index contributed by atoms with van der Waals surface area (Å²) in [5.41, 5.74) is 2.08. The Morgan fingerprint density at radius 2 is 1.94 bits per heavy atom. The van der Waals surface area contributed by atoms with Gasteiger partial charge in [0.1, 0.15) is 5.82 Å². The van der Waals surface area contributed by atoms with Crippen molar-refractivity contribution >= 4 is 17.4 Å². The molecule has 0 unspecified atom stereocenters. The van der Waals surface area contributed by atoms with Gasteiger partial charge in [-0.3, -0.25) is 9.78 Å². The van der Waals surface area contributed by atoms with E-state index in [1.54, 1.807) is 43.7 Å². The summed E-state index contributed by atoms with van der Waals surface area (Å²) in [4.78, 5) is 20.2. The van der Waals surface area contributed by atoms with Gasteiger partial charge >= 0.3 is 0 Å². The number of hydrogen-bond donors (Lipinski definition) is 2. The van der Waals surface area contributed by atoms with Crippen LogP contribution in [0.1, 0.15) is 16.1 Å². The van der Waals surface area contributed by atoms with Crippen molar-refractivity contribution in [2.45, 2.75) is 6.92 Å². The number of hydrogen-bond acceptors (Lipinski definition) is 4. The fraction of sp³-hybridized carbons (Fsp3) is 0.154. The standard InChI is InChI=1S/C13H14N4O/c1-9-7-10(8-12(14-2)16-9)13(18)17-11-3-5-15-6-4-11/h3-8H,1-2H3,(H,14,16)(H,15,17,18). The molecule has 0 aromatic carbocycles. The summed E-state index contributed by atoms with van der Waals surface area (Å²) in [5, 5.41) is 5.73. The molecular formula is C13H14N4O. The Bertz CT molecular complexity index is 554. The second-order valence-electron chi connectivity index (χ2n) is 3.82. The molecule has 2 N–H and O–H groups in total. The Labute approximate surface area is 105 Å². The molecule has 0 saturated carbocycles. The van der Waals surface area contributed by atoms with Crippen LogP contribution in [-0.4, -0.2) is 22.9 Å². The summed E-state index contributed by atoms with van der Waals surface area (Å²) >= 11 is 0. The Morgan fingerprint density at radius 1 is 1.22 bits per heavy atom. The molecule has 0 aliphatic carbocycles. The lowest BCUT2D eigenvalue weighted by molar-refractivity contribution is 0.102. The van der Waals surface area contributed by atoms with Gasteiger partial charge in [-0.25, -0.2) is 4.98 Å². The second kappa shape index (κ2) is 5.27. The number of pyridine rings is 2. The quantitative estimate of drug-likeness (QED) is 0.864. The Morgan fingerprint density at radius 3 is 2.61 bits per heavy atom. The van der Waals surface area contributed by atoms with Crippen molar-refractivity contribution in [2.24, 2.45) is 0 Å². The molecule has 0 atom stereocenters. The molecule has 2 rings (SSSR count). The minimum absolute atomic E-state index is 0.164. The number of carbonyl (C=O) groups is 1. The predicted molar refractivity (Wildman–Crippen MR) is 70.7 cm³/mol. The van der Waals surface area contributed by atoms with Crippen LogP contribution in [0.25, 0.3) is 0 Å². The van der Waals surface area contributed by atoms with Crippen molar-refractivity contribution in [3.05, 3.63) is 47.9 Å². The predicted octanol–water partition coefficient (Wildman–Crippen LogP) is 2.08. The maximum Gasteiger partial charge on any atom is 0.255 e. The third-order valence-electron chi connectivity index (χ3n) is 2.41. The topological polar surface area (TPSA) is 66.9 Å². The Kier molecular flexibility index (Phi) is 3.52. The van der Waals surface area contributed by atoms with E-state index in [9.17, 15) is 4.79 Å². The molecule has 5 nitrogen and oxygen atoms in total. The molecular weight excluding hydrogens is 228 g/mol. The van der Waals surface area contributed by atoms with Crippen LogP contribution < -0.4 is 10.6 Å². The largest absolute Gasteiger partial charge is 0.373 e. The number of nitrogens with zero attached hydrogens (tertiary/aromatic N) is 2. The van der Waals surface area contributed by atoms with E-state index in [-0.39, 0.29) is 5.91 Å². The second-order valence-corrected chi connectivity index (χ2v) is 3.82. The molecule has 0 bridgehead atoms. The molecule has 2 aromatic heterocycles. The van der Waals surface area contributed by atoms with E-state index < -0.39 is 0 Å². The summed E-state index contributed by atoms with van der Waals surface area (Å²) in [6, 6.07) is 6.94. The number of amides is 1. The van der Waals surface area contributed by atoms with Crippen LogP contribution in [0.5, 0.6) is 0 Å². The first-order valence-corrected chi connectivity index (χ1v) is 5.57. The number of aromatic nitrogens is 2. The summed E-state index contributed by atoms with van der Waals surface area (Å²) in [5.74, 6) is 0.512. The number of aryl methyl sites for hydroxylation is 1. The molecule has 0 saturated heterocycles. The van der Waals surface area contributed by atoms with Crippen molar-refractivity contribution in [3.8, 4) is 0 Å². The molecule has 0 aliphatic rings. The van der Waals surface area contributed by atoms with E-state index in [0.717, 1.165) is 11.4 Å².